The van der Waals surface area contributed by atoms with E-state index in [1.54, 1.807) is 48.5 Å². The molecule has 0 radical (unpaired) electrons. The largest absolute Gasteiger partial charge is 0.508 e. The number of phenolic OH excluding ortho intramolecular Hbond substituents is 1. The number of benzene rings is 4. The maximum atomic E-state index is 13.5. The van der Waals surface area contributed by atoms with E-state index in [-0.39, 0.29) is 23.8 Å². The number of aromatic hydroxyl groups is 1. The number of para-hydroxylation sites is 1. The Morgan fingerprint density at radius 1 is 0.824 bits per heavy atom. The first kappa shape index (κ1) is 21.3. The lowest BCUT2D eigenvalue weighted by atomic mass is 9.70. The summed E-state index contributed by atoms with van der Waals surface area (Å²) in [6.07, 6.45) is 0. The Bertz CT molecular complexity index is 1360. The number of hydrogen-bond donors (Lipinski definition) is 3. The van der Waals surface area contributed by atoms with Crippen LogP contribution in [0.4, 0.5) is 5.69 Å². The van der Waals surface area contributed by atoms with Gasteiger partial charge in [0.15, 0.2) is 0 Å². The van der Waals surface area contributed by atoms with Gasteiger partial charge in [0, 0.05) is 11.3 Å². The van der Waals surface area contributed by atoms with Gasteiger partial charge in [-0.1, -0.05) is 54.6 Å². The minimum atomic E-state index is -1.06. The molecule has 0 aromatic heterocycles. The molecule has 4 aromatic carbocycles. The number of rotatable bonds is 6. The molecule has 34 heavy (non-hydrogen) atoms. The average Bonchev–Trinajstić information content (AvgIpc) is 3.16. The van der Waals surface area contributed by atoms with E-state index in [1.165, 1.54) is 0 Å². The third-order valence-electron chi connectivity index (χ3n) is 6.11. The number of ether oxygens (including phenoxy) is 1. The van der Waals surface area contributed by atoms with E-state index in [0.29, 0.717) is 5.75 Å². The number of anilines is 1. The number of carboxylic acids is 1. The van der Waals surface area contributed by atoms with Crippen LogP contribution in [0.1, 0.15) is 32.6 Å². The summed E-state index contributed by atoms with van der Waals surface area (Å²) in [5.41, 5.74) is 3.14. The summed E-state index contributed by atoms with van der Waals surface area (Å²) in [5, 5.41) is 21.8. The van der Waals surface area contributed by atoms with Crippen LogP contribution in [-0.4, -0.2) is 22.1 Å². The van der Waals surface area contributed by atoms with Gasteiger partial charge in [0.25, 0.3) is 0 Å². The lowest BCUT2D eigenvalue weighted by molar-refractivity contribution is -0.118. The van der Waals surface area contributed by atoms with Crippen molar-refractivity contribution in [2.75, 3.05) is 5.32 Å². The molecule has 6 nitrogen and oxygen atoms in total. The molecule has 1 aliphatic heterocycles. The second-order valence-electron chi connectivity index (χ2n) is 8.11. The maximum Gasteiger partial charge on any atom is 0.335 e. The second-order valence-corrected chi connectivity index (χ2v) is 8.11. The lowest BCUT2D eigenvalue weighted by Crippen LogP contribution is -2.36. The topological polar surface area (TPSA) is 95.9 Å². The summed E-state index contributed by atoms with van der Waals surface area (Å²) in [6.45, 7) is 0.283. The summed E-state index contributed by atoms with van der Waals surface area (Å²) in [6, 6.07) is 28.2. The van der Waals surface area contributed by atoms with Crippen LogP contribution in [0.5, 0.6) is 11.5 Å². The van der Waals surface area contributed by atoms with Crippen LogP contribution in [0.25, 0.3) is 0 Å². The van der Waals surface area contributed by atoms with E-state index in [4.69, 9.17) is 9.84 Å². The Hall–Kier alpha value is -4.58. The summed E-state index contributed by atoms with van der Waals surface area (Å²) >= 11 is 0. The Kier molecular flexibility index (Phi) is 5.26. The van der Waals surface area contributed by atoms with Crippen LogP contribution >= 0.6 is 0 Å². The summed E-state index contributed by atoms with van der Waals surface area (Å²) < 4.78 is 5.88. The minimum Gasteiger partial charge on any atom is -0.508 e. The van der Waals surface area contributed by atoms with Crippen molar-refractivity contribution < 1.29 is 24.5 Å². The van der Waals surface area contributed by atoms with E-state index in [0.717, 1.165) is 27.9 Å². The van der Waals surface area contributed by atoms with Crippen LogP contribution in [0.2, 0.25) is 0 Å². The summed E-state index contributed by atoms with van der Waals surface area (Å²) in [7, 11) is 0. The highest BCUT2D eigenvalue weighted by Crippen LogP contribution is 2.48. The molecule has 4 aromatic rings. The van der Waals surface area contributed by atoms with E-state index < -0.39 is 11.4 Å². The number of nitrogens with one attached hydrogen (secondary N) is 1. The number of hydrogen-bond acceptors (Lipinski definition) is 4. The monoisotopic (exact) mass is 451 g/mol. The molecule has 3 N–H and O–H groups in total. The number of aromatic carboxylic acids is 1. The van der Waals surface area contributed by atoms with Gasteiger partial charge in [-0.3, -0.25) is 4.79 Å². The van der Waals surface area contributed by atoms with Crippen LogP contribution in [0, 0.1) is 0 Å². The van der Waals surface area contributed by atoms with Gasteiger partial charge in [-0.05, 0) is 59.2 Å². The van der Waals surface area contributed by atoms with Crippen LogP contribution in [0.3, 0.4) is 0 Å². The number of carboxylic acid groups (broad SMARTS) is 1. The second kappa shape index (κ2) is 8.41. The first-order chi connectivity index (χ1) is 16.5. The van der Waals surface area contributed by atoms with Gasteiger partial charge in [0.05, 0.1) is 5.56 Å². The molecule has 0 aliphatic carbocycles. The number of carbonyl (C=O) groups is 2. The molecule has 1 atom stereocenters. The Morgan fingerprint density at radius 2 is 1.44 bits per heavy atom. The third kappa shape index (κ3) is 3.55. The van der Waals surface area contributed by atoms with E-state index >= 15 is 0 Å². The molecule has 1 aliphatic rings. The van der Waals surface area contributed by atoms with Crippen LogP contribution in [0.15, 0.2) is 97.1 Å². The fourth-order valence-corrected chi connectivity index (χ4v) is 4.42. The number of fused-ring (bicyclic) bond motifs is 1. The predicted molar refractivity (Wildman–Crippen MR) is 127 cm³/mol. The number of carbonyl (C=O) groups excluding carboxylic acids is 1. The first-order valence-electron chi connectivity index (χ1n) is 10.7. The average molecular weight is 451 g/mol. The fraction of sp³-hybridized carbons (Fsp3) is 0.0714. The minimum absolute atomic E-state index is 0.130. The smallest absolute Gasteiger partial charge is 0.335 e. The predicted octanol–water partition coefficient (Wildman–Crippen LogP) is 4.96. The molecule has 1 amide bonds. The molecule has 168 valence electrons. The molecule has 6 heteroatoms. The Balaban J connectivity index is 1.47. The van der Waals surface area contributed by atoms with E-state index in [9.17, 15) is 14.7 Å². The quantitative estimate of drug-likeness (QED) is 0.385. The molecule has 0 spiro atoms. The first-order valence-corrected chi connectivity index (χ1v) is 10.7. The summed E-state index contributed by atoms with van der Waals surface area (Å²) in [5.74, 6) is -0.376. The standard InChI is InChI=1S/C28H21NO5/c30-22-13-9-20(10-14-22)28(24-3-1-2-4-25(24)29-27(28)33)21-11-15-23(16-12-21)34-17-18-5-7-19(8-6-18)26(31)32/h1-16,30H,17H2,(H,29,33)(H,31,32). The highest BCUT2D eigenvalue weighted by Gasteiger charge is 2.49. The molecule has 0 fully saturated rings. The zero-order valence-electron chi connectivity index (χ0n) is 18.1. The van der Waals surface area contributed by atoms with Gasteiger partial charge >= 0.3 is 5.97 Å². The van der Waals surface area contributed by atoms with Gasteiger partial charge in [0.1, 0.15) is 23.5 Å². The van der Waals surface area contributed by atoms with Crippen molar-refractivity contribution in [1.82, 2.24) is 0 Å². The van der Waals surface area contributed by atoms with Crippen molar-refractivity contribution in [3.8, 4) is 11.5 Å². The molecule has 0 saturated heterocycles. The van der Waals surface area contributed by atoms with Crippen molar-refractivity contribution in [2.24, 2.45) is 0 Å². The number of amides is 1. The van der Waals surface area contributed by atoms with Gasteiger partial charge in [-0.2, -0.15) is 0 Å². The normalized spacial score (nSPS) is 16.5. The molecule has 1 unspecified atom stereocenters. The molecule has 0 bridgehead atoms. The van der Waals surface area contributed by atoms with Crippen molar-refractivity contribution >= 4 is 17.6 Å². The van der Waals surface area contributed by atoms with Gasteiger partial charge in [-0.25, -0.2) is 4.79 Å². The molecule has 0 saturated carbocycles. The fourth-order valence-electron chi connectivity index (χ4n) is 4.42. The summed E-state index contributed by atoms with van der Waals surface area (Å²) in [4.78, 5) is 24.5. The lowest BCUT2D eigenvalue weighted by Gasteiger charge is -2.29. The van der Waals surface area contributed by atoms with Crippen LogP contribution in [-0.2, 0) is 16.8 Å². The van der Waals surface area contributed by atoms with Crippen molar-refractivity contribution in [3.63, 3.8) is 0 Å². The van der Waals surface area contributed by atoms with E-state index in [2.05, 4.69) is 5.32 Å². The molecule has 5 rings (SSSR count). The van der Waals surface area contributed by atoms with E-state index in [1.807, 2.05) is 48.5 Å². The zero-order chi connectivity index (χ0) is 23.7. The van der Waals surface area contributed by atoms with Crippen molar-refractivity contribution in [1.29, 1.82) is 0 Å². The van der Waals surface area contributed by atoms with Gasteiger partial charge in [-0.15, -0.1) is 0 Å². The highest BCUT2D eigenvalue weighted by molar-refractivity contribution is 6.11. The van der Waals surface area contributed by atoms with Gasteiger partial charge < -0.3 is 20.3 Å². The maximum absolute atomic E-state index is 13.5. The molecular formula is C28H21NO5. The van der Waals surface area contributed by atoms with Crippen molar-refractivity contribution in [3.05, 3.63) is 125 Å². The third-order valence-corrected chi connectivity index (χ3v) is 6.11. The highest BCUT2D eigenvalue weighted by atomic mass is 16.5. The zero-order valence-corrected chi connectivity index (χ0v) is 18.1. The SMILES string of the molecule is O=C(O)c1ccc(COc2ccc(C3(c4ccc(O)cc4)C(=O)Nc4ccccc43)cc2)cc1. The Morgan fingerprint density at radius 3 is 2.09 bits per heavy atom. The van der Waals surface area contributed by atoms with Gasteiger partial charge in [0.2, 0.25) is 5.91 Å². The van der Waals surface area contributed by atoms with Crippen molar-refractivity contribution in [2.45, 2.75) is 12.0 Å². The Labute approximate surface area is 196 Å². The van der Waals surface area contributed by atoms with Crippen LogP contribution < -0.4 is 10.1 Å². The molecular weight excluding hydrogens is 430 g/mol. The molecule has 1 heterocycles. The number of phenols is 1.